The number of ether oxygens (including phenoxy) is 1. The number of rotatable bonds is 35. The molecule has 50 heavy (non-hydrogen) atoms. The van der Waals surface area contributed by atoms with Gasteiger partial charge in [0.05, 0.1) is 0 Å². The van der Waals surface area contributed by atoms with E-state index < -0.39 is 12.0 Å². The van der Waals surface area contributed by atoms with Crippen LogP contribution >= 0.6 is 0 Å². The van der Waals surface area contributed by atoms with Crippen LogP contribution in [0, 0.1) is 0 Å². The maximum atomic E-state index is 12.7. The number of carboxylic acid groups (broad SMARTS) is 1. The van der Waals surface area contributed by atoms with Crippen molar-refractivity contribution >= 4 is 17.8 Å². The molecule has 0 aromatic rings. The minimum absolute atomic E-state index is 0.0563. The molecule has 0 saturated carbocycles. The van der Waals surface area contributed by atoms with Gasteiger partial charge < -0.3 is 20.9 Å². The van der Waals surface area contributed by atoms with Gasteiger partial charge in [-0.2, -0.15) is 0 Å². The van der Waals surface area contributed by atoms with E-state index in [1.165, 1.54) is 38.5 Å². The van der Waals surface area contributed by atoms with Crippen molar-refractivity contribution in [2.75, 3.05) is 6.54 Å². The number of unbranched alkanes of at least 4 members (excludes halogenated alkanes) is 11. The third kappa shape index (κ3) is 33.6. The zero-order chi connectivity index (χ0) is 36.8. The Bertz CT molecular complexity index is 968. The highest BCUT2D eigenvalue weighted by atomic mass is 16.5. The molecule has 0 aromatic carbocycles. The van der Waals surface area contributed by atoms with Gasteiger partial charge in [0.1, 0.15) is 12.1 Å². The first-order valence-corrected chi connectivity index (χ1v) is 20.1. The molecule has 2 atom stereocenters. The molecule has 0 heterocycles. The summed E-state index contributed by atoms with van der Waals surface area (Å²) < 4.78 is 5.96. The van der Waals surface area contributed by atoms with Gasteiger partial charge in [0, 0.05) is 12.8 Å². The molecule has 0 radical (unpaired) electrons. The molecule has 286 valence electrons. The van der Waals surface area contributed by atoms with Crippen LogP contribution < -0.4 is 11.1 Å². The fraction of sp³-hybridized carbons (Fsp3) is 0.698. The van der Waals surface area contributed by atoms with E-state index in [0.717, 1.165) is 89.9 Å². The SMILES string of the molecule is CC/C=C\C/C=C\C/C=C\C/C=C\CCC(=O)OC(CCC/C=C\CCCCCCCC)CCCCCCCC(=O)NC(CCCN)C(=O)O. The molecule has 0 aliphatic heterocycles. The second kappa shape index (κ2) is 37.3. The normalized spacial score (nSPS) is 13.3. The number of amides is 1. The summed E-state index contributed by atoms with van der Waals surface area (Å²) in [6.45, 7) is 4.80. The van der Waals surface area contributed by atoms with Crippen molar-refractivity contribution in [3.8, 4) is 0 Å². The molecule has 0 aromatic heterocycles. The van der Waals surface area contributed by atoms with Gasteiger partial charge in [-0.25, -0.2) is 4.79 Å². The zero-order valence-corrected chi connectivity index (χ0v) is 32.0. The number of aliphatic carboxylic acids is 1. The van der Waals surface area contributed by atoms with E-state index in [9.17, 15) is 19.5 Å². The highest BCUT2D eigenvalue weighted by Gasteiger charge is 2.19. The molecular formula is C43H74N2O5. The van der Waals surface area contributed by atoms with Crippen molar-refractivity contribution < 1.29 is 24.2 Å². The Kier molecular flexibility index (Phi) is 35.1. The molecule has 0 aliphatic rings. The molecule has 0 saturated heterocycles. The first-order chi connectivity index (χ1) is 24.4. The maximum Gasteiger partial charge on any atom is 0.326 e. The second-order valence-electron chi connectivity index (χ2n) is 13.3. The molecule has 0 spiro atoms. The monoisotopic (exact) mass is 699 g/mol. The highest BCUT2D eigenvalue weighted by Crippen LogP contribution is 2.17. The number of hydrogen-bond donors (Lipinski definition) is 3. The Morgan fingerprint density at radius 1 is 0.600 bits per heavy atom. The van der Waals surface area contributed by atoms with Gasteiger partial charge in [-0.05, 0) is 103 Å². The molecule has 4 N–H and O–H groups in total. The zero-order valence-electron chi connectivity index (χ0n) is 32.0. The minimum Gasteiger partial charge on any atom is -0.480 e. The van der Waals surface area contributed by atoms with Crippen LogP contribution in [0.25, 0.3) is 0 Å². The summed E-state index contributed by atoms with van der Waals surface area (Å²) in [5, 5.41) is 11.9. The maximum absolute atomic E-state index is 12.7. The summed E-state index contributed by atoms with van der Waals surface area (Å²) in [6.07, 6.45) is 45.5. The molecule has 7 heteroatoms. The number of nitrogens with two attached hydrogens (primary N) is 1. The average molecular weight is 699 g/mol. The van der Waals surface area contributed by atoms with E-state index in [1.807, 2.05) is 0 Å². The summed E-state index contributed by atoms with van der Waals surface area (Å²) >= 11 is 0. The molecule has 0 aliphatic carbocycles. The highest BCUT2D eigenvalue weighted by molar-refractivity contribution is 5.83. The van der Waals surface area contributed by atoms with Crippen LogP contribution in [-0.2, 0) is 19.1 Å². The van der Waals surface area contributed by atoms with Crippen LogP contribution in [-0.4, -0.2) is 41.6 Å². The van der Waals surface area contributed by atoms with E-state index in [1.54, 1.807) is 0 Å². The largest absolute Gasteiger partial charge is 0.480 e. The number of carbonyl (C=O) groups is 3. The van der Waals surface area contributed by atoms with Crippen LogP contribution in [0.1, 0.15) is 174 Å². The Balaban J connectivity index is 4.49. The first kappa shape index (κ1) is 47.1. The first-order valence-electron chi connectivity index (χ1n) is 20.1. The Labute approximate surface area is 306 Å². The lowest BCUT2D eigenvalue weighted by Gasteiger charge is -2.18. The van der Waals surface area contributed by atoms with Gasteiger partial charge in [0.15, 0.2) is 0 Å². The smallest absolute Gasteiger partial charge is 0.326 e. The minimum atomic E-state index is -1.01. The van der Waals surface area contributed by atoms with Crippen molar-refractivity contribution in [2.24, 2.45) is 5.73 Å². The molecule has 2 unspecified atom stereocenters. The summed E-state index contributed by atoms with van der Waals surface area (Å²) in [5.41, 5.74) is 5.47. The number of allylic oxidation sites excluding steroid dienone is 10. The molecular weight excluding hydrogens is 624 g/mol. The standard InChI is InChI=1S/C43H74N2O5/c1-3-5-7-9-11-13-15-16-18-20-22-27-31-37-42(47)50-39(33-28-24-21-19-17-14-12-10-8-6-4-2)34-29-25-23-26-30-36-41(46)45-40(43(48)49)35-32-38-44/h5,7,11,13,16,18-19,21-22,27,39-40H,3-4,6,8-10,12,14-15,17,20,23-26,28-38,44H2,1-2H3,(H,45,46)(H,48,49)/b7-5-,13-11-,18-16-,21-19-,27-22-. The third-order valence-electron chi connectivity index (χ3n) is 8.58. The van der Waals surface area contributed by atoms with Crippen LogP contribution in [0.5, 0.6) is 0 Å². The number of nitrogens with one attached hydrogen (secondary N) is 1. The molecule has 0 fully saturated rings. The fourth-order valence-electron chi connectivity index (χ4n) is 5.58. The van der Waals surface area contributed by atoms with Crippen molar-refractivity contribution in [1.29, 1.82) is 0 Å². The third-order valence-corrected chi connectivity index (χ3v) is 8.58. The van der Waals surface area contributed by atoms with E-state index in [0.29, 0.717) is 38.6 Å². The topological polar surface area (TPSA) is 119 Å². The fourth-order valence-corrected chi connectivity index (χ4v) is 5.58. The second-order valence-corrected chi connectivity index (χ2v) is 13.3. The van der Waals surface area contributed by atoms with Gasteiger partial charge >= 0.3 is 11.9 Å². The van der Waals surface area contributed by atoms with E-state index in [4.69, 9.17) is 10.5 Å². The number of esters is 1. The van der Waals surface area contributed by atoms with Crippen molar-refractivity contribution in [3.63, 3.8) is 0 Å². The summed E-state index contributed by atoms with van der Waals surface area (Å²) in [6, 6.07) is -0.865. The van der Waals surface area contributed by atoms with Crippen LogP contribution in [0.3, 0.4) is 0 Å². The molecule has 7 nitrogen and oxygen atoms in total. The van der Waals surface area contributed by atoms with E-state index >= 15 is 0 Å². The number of carboxylic acids is 1. The number of carbonyl (C=O) groups excluding carboxylic acids is 2. The summed E-state index contributed by atoms with van der Waals surface area (Å²) in [7, 11) is 0. The van der Waals surface area contributed by atoms with Crippen molar-refractivity contribution in [3.05, 3.63) is 60.8 Å². The van der Waals surface area contributed by atoms with E-state index in [-0.39, 0.29) is 18.0 Å². The van der Waals surface area contributed by atoms with Gasteiger partial charge in [-0.15, -0.1) is 0 Å². The summed E-state index contributed by atoms with van der Waals surface area (Å²) in [4.78, 5) is 36.2. The van der Waals surface area contributed by atoms with Gasteiger partial charge in [0.25, 0.3) is 0 Å². The van der Waals surface area contributed by atoms with Gasteiger partial charge in [-0.1, -0.05) is 126 Å². The number of hydrogen-bond acceptors (Lipinski definition) is 5. The predicted octanol–water partition coefficient (Wildman–Crippen LogP) is 11.0. The lowest BCUT2D eigenvalue weighted by atomic mass is 10.0. The van der Waals surface area contributed by atoms with Crippen molar-refractivity contribution in [1.82, 2.24) is 5.32 Å². The Morgan fingerprint density at radius 2 is 1.14 bits per heavy atom. The lowest BCUT2D eigenvalue weighted by molar-refractivity contribution is -0.149. The Morgan fingerprint density at radius 3 is 1.78 bits per heavy atom. The van der Waals surface area contributed by atoms with Crippen LogP contribution in [0.2, 0.25) is 0 Å². The lowest BCUT2D eigenvalue weighted by Crippen LogP contribution is -2.40. The predicted molar refractivity (Wildman–Crippen MR) is 211 cm³/mol. The Hall–Kier alpha value is -2.93. The van der Waals surface area contributed by atoms with Crippen molar-refractivity contribution in [2.45, 2.75) is 187 Å². The van der Waals surface area contributed by atoms with Crippen LogP contribution in [0.15, 0.2) is 60.8 Å². The van der Waals surface area contributed by atoms with Crippen LogP contribution in [0.4, 0.5) is 0 Å². The molecule has 1 amide bonds. The molecule has 0 rings (SSSR count). The molecule has 0 bridgehead atoms. The average Bonchev–Trinajstić information content (AvgIpc) is 3.10. The van der Waals surface area contributed by atoms with Gasteiger partial charge in [-0.3, -0.25) is 9.59 Å². The van der Waals surface area contributed by atoms with E-state index in [2.05, 4.69) is 79.9 Å². The quantitative estimate of drug-likeness (QED) is 0.0344. The summed E-state index contributed by atoms with van der Waals surface area (Å²) in [5.74, 6) is -1.35. The van der Waals surface area contributed by atoms with Gasteiger partial charge in [0.2, 0.25) is 5.91 Å².